The van der Waals surface area contributed by atoms with Gasteiger partial charge >= 0.3 is 0 Å². The summed E-state index contributed by atoms with van der Waals surface area (Å²) in [7, 11) is 6.08. The molecule has 0 aliphatic heterocycles. The van der Waals surface area contributed by atoms with E-state index >= 15 is 0 Å². The Morgan fingerprint density at radius 1 is 0.427 bits per heavy atom. The molecule has 0 amide bonds. The summed E-state index contributed by atoms with van der Waals surface area (Å²) in [5.41, 5.74) is 17.2. The van der Waals surface area contributed by atoms with Crippen molar-refractivity contribution >= 4 is 98.1 Å². The first-order valence-corrected chi connectivity index (χ1v) is 31.5. The molecule has 0 N–H and O–H groups in total. The average Bonchev–Trinajstić information content (AvgIpc) is 1.58. The predicted octanol–water partition coefficient (Wildman–Crippen LogP) is 21.1. The third-order valence-electron chi connectivity index (χ3n) is 18.2. The number of pyridine rings is 3. The van der Waals surface area contributed by atoms with Gasteiger partial charge in [-0.1, -0.05) is 138 Å². The van der Waals surface area contributed by atoms with Gasteiger partial charge in [0.25, 0.3) is 0 Å². The fourth-order valence-electron chi connectivity index (χ4n) is 13.7. The molecule has 16 rings (SSSR count). The number of hydrogen-bond acceptors (Lipinski definition) is 3. The van der Waals surface area contributed by atoms with Gasteiger partial charge in [-0.05, 0) is 151 Å². The predicted molar refractivity (Wildman–Crippen MR) is 371 cm³/mol. The molecule has 0 unspecified atom stereocenters. The van der Waals surface area contributed by atoms with Crippen LogP contribution in [0, 0.1) is 32.1 Å². The van der Waals surface area contributed by atoms with E-state index in [0.29, 0.717) is 11.1 Å². The van der Waals surface area contributed by atoms with Crippen molar-refractivity contribution in [2.45, 2.75) is 99.7 Å². The van der Waals surface area contributed by atoms with Crippen LogP contribution in [-0.2, 0) is 33.9 Å². The molecule has 442 valence electrons. The highest BCUT2D eigenvalue weighted by molar-refractivity contribution is 6.18. The summed E-state index contributed by atoms with van der Waals surface area (Å²) in [5.74, 6) is -0.556. The number of fused-ring (bicyclic) bond motifs is 15. The molecule has 0 spiro atoms. The normalized spacial score (nSPS) is 14.6. The quantitative estimate of drug-likeness (QED) is 0.149. The van der Waals surface area contributed by atoms with Crippen molar-refractivity contribution in [2.75, 3.05) is 0 Å². The monoisotopic (exact) mass is 1170 g/mol. The average molecular weight is 1170 g/mol. The van der Waals surface area contributed by atoms with Gasteiger partial charge in [-0.2, -0.15) is 0 Å². The van der Waals surface area contributed by atoms with Crippen molar-refractivity contribution in [2.24, 2.45) is 32.5 Å². The minimum absolute atomic E-state index is 0.111. The Balaban J connectivity index is 0.000000122. The van der Waals surface area contributed by atoms with Crippen molar-refractivity contribution in [3.8, 4) is 33.8 Å². The van der Waals surface area contributed by atoms with Crippen molar-refractivity contribution in [3.05, 3.63) is 234 Å². The number of hydrogen-bond donors (Lipinski definition) is 0. The van der Waals surface area contributed by atoms with Gasteiger partial charge in [0.1, 0.15) is 54.6 Å². The number of nitrogens with zero attached hydrogens (tertiary/aromatic N) is 3. The third kappa shape index (κ3) is 10.6. The van der Waals surface area contributed by atoms with Crippen molar-refractivity contribution in [3.63, 3.8) is 0 Å². The number of rotatable bonds is 7. The van der Waals surface area contributed by atoms with Crippen LogP contribution in [-0.4, -0.2) is 0 Å². The summed E-state index contributed by atoms with van der Waals surface area (Å²) in [6.45, 7) is 16.0. The molecule has 1 saturated carbocycles. The molecule has 6 aromatic heterocycles. The van der Waals surface area contributed by atoms with E-state index in [9.17, 15) is 0 Å². The van der Waals surface area contributed by atoms with Gasteiger partial charge in [-0.15, -0.1) is 0 Å². The zero-order chi connectivity index (χ0) is 65.9. The van der Waals surface area contributed by atoms with Crippen LogP contribution in [0.3, 0.4) is 0 Å². The first-order valence-electron chi connectivity index (χ1n) is 34.0. The van der Waals surface area contributed by atoms with Crippen LogP contribution in [0.15, 0.2) is 214 Å². The Hall–Kier alpha value is -9.39. The number of aromatic nitrogens is 3. The molecule has 1 aliphatic rings. The summed E-state index contributed by atoms with van der Waals surface area (Å²) in [6, 6.07) is 62.9. The molecule has 89 heavy (non-hydrogen) atoms. The molecule has 0 atom stereocenters. The lowest BCUT2D eigenvalue weighted by Crippen LogP contribution is -2.31. The molecule has 6 heteroatoms. The third-order valence-corrected chi connectivity index (χ3v) is 18.2. The topological polar surface area (TPSA) is 51.1 Å². The molecule has 6 nitrogen and oxygen atoms in total. The zero-order valence-corrected chi connectivity index (χ0v) is 53.0. The highest BCUT2D eigenvalue weighted by Crippen LogP contribution is 2.43. The van der Waals surface area contributed by atoms with E-state index in [4.69, 9.17) is 20.1 Å². The minimum Gasteiger partial charge on any atom is -0.455 e. The molecule has 1 aliphatic carbocycles. The Morgan fingerprint density at radius 3 is 1.18 bits per heavy atom. The molecule has 6 heterocycles. The van der Waals surface area contributed by atoms with Gasteiger partial charge in [-0.3, -0.25) is 0 Å². The number of furan rings is 3. The van der Waals surface area contributed by atoms with Gasteiger partial charge in [0, 0.05) is 108 Å². The maximum Gasteiger partial charge on any atom is 0.212 e. The highest BCUT2D eigenvalue weighted by atomic mass is 16.3. The van der Waals surface area contributed by atoms with Crippen LogP contribution < -0.4 is 13.7 Å². The summed E-state index contributed by atoms with van der Waals surface area (Å²) in [5, 5.41) is 13.7. The Morgan fingerprint density at radius 2 is 0.775 bits per heavy atom. The second kappa shape index (κ2) is 23.0. The fraction of sp³-hybridized carbons (Fsp3) is 0.241. The van der Waals surface area contributed by atoms with E-state index in [0.717, 1.165) is 158 Å². The van der Waals surface area contributed by atoms with Crippen LogP contribution >= 0.6 is 0 Å². The number of benzene rings is 9. The van der Waals surface area contributed by atoms with Crippen LogP contribution in [0.25, 0.3) is 132 Å². The van der Waals surface area contributed by atoms with E-state index in [1.165, 1.54) is 21.7 Å². The first kappa shape index (κ1) is 51.6. The summed E-state index contributed by atoms with van der Waals surface area (Å²) < 4.78 is 69.1. The number of aryl methyl sites for hydroxylation is 6. The maximum atomic E-state index is 8.96. The lowest BCUT2D eigenvalue weighted by Gasteiger charge is -2.18. The molecule has 0 saturated heterocycles. The maximum absolute atomic E-state index is 8.96. The van der Waals surface area contributed by atoms with Crippen LogP contribution in [0.4, 0.5) is 0 Å². The molecular formula is C83H80N3O3+3. The Labute approximate surface area is 529 Å². The van der Waals surface area contributed by atoms with Crippen molar-refractivity contribution in [1.82, 2.24) is 0 Å². The lowest BCUT2D eigenvalue weighted by atomic mass is 9.88. The summed E-state index contributed by atoms with van der Waals surface area (Å²) in [4.78, 5) is 0. The van der Waals surface area contributed by atoms with Gasteiger partial charge in [0.2, 0.25) is 17.1 Å². The molecule has 0 bridgehead atoms. The summed E-state index contributed by atoms with van der Waals surface area (Å²) in [6.07, 6.45) is 7.37. The van der Waals surface area contributed by atoms with Gasteiger partial charge in [0.05, 0.1) is 16.7 Å². The molecule has 9 aromatic carbocycles. The summed E-state index contributed by atoms with van der Waals surface area (Å²) >= 11 is 0. The molecule has 15 aromatic rings. The first-order chi connectivity index (χ1) is 44.9. The van der Waals surface area contributed by atoms with Crippen LogP contribution in [0.1, 0.15) is 106 Å². The van der Waals surface area contributed by atoms with E-state index < -0.39 is 24.1 Å². The lowest BCUT2D eigenvalue weighted by molar-refractivity contribution is -0.660. The smallest absolute Gasteiger partial charge is 0.212 e. The largest absolute Gasteiger partial charge is 0.455 e. The van der Waals surface area contributed by atoms with Crippen molar-refractivity contribution < 1.29 is 33.8 Å². The standard InChI is InChI=1S/C28H26NO.C28H28NO.C27H26NO/c1-18-22(26-17-21(15-16-29(26)2)19-7-3-4-8-19)13-14-24-25-12-11-20-9-5-6-10-23(20)28(25)30-27(18)24;1-18-21(25-16-19(14-15-29(25)5)17-28(2,3)4)12-13-23-24-11-10-20-8-6-7-9-22(20)27(24)30-26(18)23;1-17(2)15-19-13-14-28(4)25(16-19)21-11-12-23-24-10-9-20-7-5-6-8-22(20)27(24)29-26(23)18(21)3/h5-6,9-17,19H,3-4,7-8H2,1-2H3;6-16H,17H2,1-5H3;5-14,16-17H,15H2,1-4H3/q3*+1/i19D;17D2;15D2. The van der Waals surface area contributed by atoms with Gasteiger partial charge in [-0.25, -0.2) is 13.7 Å². The zero-order valence-electron chi connectivity index (χ0n) is 58.0. The van der Waals surface area contributed by atoms with E-state index in [1.54, 1.807) is 0 Å². The second-order valence-corrected chi connectivity index (χ2v) is 25.9. The van der Waals surface area contributed by atoms with E-state index in [2.05, 4.69) is 177 Å². The van der Waals surface area contributed by atoms with Crippen molar-refractivity contribution in [1.29, 1.82) is 0 Å². The molecular weight excluding hydrogens is 1090 g/mol. The van der Waals surface area contributed by atoms with Crippen LogP contribution in [0.2, 0.25) is 0 Å². The van der Waals surface area contributed by atoms with E-state index in [1.807, 2.05) is 114 Å². The fourth-order valence-corrected chi connectivity index (χ4v) is 13.7. The minimum atomic E-state index is -1.45. The highest BCUT2D eigenvalue weighted by Gasteiger charge is 2.26. The second-order valence-electron chi connectivity index (χ2n) is 25.9. The van der Waals surface area contributed by atoms with Gasteiger partial charge in [0.15, 0.2) is 18.6 Å². The van der Waals surface area contributed by atoms with Crippen LogP contribution in [0.5, 0.6) is 0 Å². The molecule has 1 fully saturated rings. The van der Waals surface area contributed by atoms with E-state index in [-0.39, 0.29) is 5.92 Å². The van der Waals surface area contributed by atoms with Gasteiger partial charge < -0.3 is 13.3 Å². The Kier molecular flexibility index (Phi) is 13.3. The molecule has 0 radical (unpaired) electrons. The SMILES string of the molecule is [2H]C([2H])(c1cc[n+](C)c(-c2ccc3c(oc4c5ccccc5ccc34)c2C)c1)C(C)(C)C.[2H]C([2H])(c1cc[n+](C)c(-c2ccc3c(oc4c5ccccc5ccc34)c2C)c1)C(C)C.[2H]C1(c2cc[n+](C)c(-c3ccc4c(oc5c6ccccc6ccc45)c3C)c2)CCCC1. The Bertz CT molecular complexity index is 5320.